The van der Waals surface area contributed by atoms with Gasteiger partial charge in [-0.15, -0.1) is 6.54 Å². The van der Waals surface area contributed by atoms with Crippen molar-refractivity contribution in [3.05, 3.63) is 5.32 Å². The molecule has 0 bridgehead atoms. The van der Waals surface area contributed by atoms with E-state index >= 15 is 0 Å². The van der Waals surface area contributed by atoms with Gasteiger partial charge >= 0.3 is 29.6 Å². The van der Waals surface area contributed by atoms with Gasteiger partial charge in [0.2, 0.25) is 0 Å². The Kier molecular flexibility index (Phi) is 24.0. The average Bonchev–Trinajstić information content (AvgIpc) is 2.35. The fourth-order valence-electron chi connectivity index (χ4n) is 2.29. The maximum absolute atomic E-state index is 4.12. The Labute approximate surface area is 138 Å². The second-order valence-electron chi connectivity index (χ2n) is 5.28. The van der Waals surface area contributed by atoms with Crippen LogP contribution in [0.4, 0.5) is 0 Å². The summed E-state index contributed by atoms with van der Waals surface area (Å²) >= 11 is 0. The van der Waals surface area contributed by atoms with Gasteiger partial charge in [-0.25, -0.2) is 0 Å². The normalized spacial score (nSPS) is 10.3. The molecule has 0 saturated carbocycles. The molecule has 0 radical (unpaired) electrons. The fraction of sp³-hybridized carbons (Fsp3) is 1.00. The van der Waals surface area contributed by atoms with E-state index in [2.05, 4.69) is 12.2 Å². The molecule has 0 unspecified atom stereocenters. The van der Waals surface area contributed by atoms with Crippen molar-refractivity contribution in [1.82, 2.24) is 0 Å². The first kappa shape index (κ1) is 21.3. The van der Waals surface area contributed by atoms with Crippen LogP contribution in [0.2, 0.25) is 0 Å². The van der Waals surface area contributed by atoms with E-state index in [9.17, 15) is 0 Å². The van der Waals surface area contributed by atoms with Crippen molar-refractivity contribution in [2.75, 3.05) is 13.6 Å². The molecule has 104 valence electrons. The quantitative estimate of drug-likeness (QED) is 0.338. The molecule has 0 aliphatic rings. The molecule has 0 aromatic heterocycles. The van der Waals surface area contributed by atoms with Gasteiger partial charge in [0, 0.05) is 0 Å². The Morgan fingerprint density at radius 2 is 0.889 bits per heavy atom. The molecule has 0 atom stereocenters. The van der Waals surface area contributed by atoms with E-state index < -0.39 is 0 Å². The minimum absolute atomic E-state index is 0. The molecule has 0 spiro atoms. The number of hydrogen-bond acceptors (Lipinski definition) is 0. The van der Waals surface area contributed by atoms with E-state index in [1.807, 2.05) is 7.05 Å². The second kappa shape index (κ2) is 20.3. The van der Waals surface area contributed by atoms with E-state index in [1.54, 1.807) is 0 Å². The molecule has 0 N–H and O–H groups in total. The first-order valence-corrected chi connectivity index (χ1v) is 7.97. The summed E-state index contributed by atoms with van der Waals surface area (Å²) in [4.78, 5) is 0. The number of nitrogens with zero attached hydrogens (tertiary/aromatic N) is 1. The van der Waals surface area contributed by atoms with Gasteiger partial charge < -0.3 is 5.32 Å². The van der Waals surface area contributed by atoms with Crippen LogP contribution in [0.15, 0.2) is 0 Å². The van der Waals surface area contributed by atoms with E-state index in [4.69, 9.17) is 0 Å². The van der Waals surface area contributed by atoms with Crippen LogP contribution >= 0.6 is 0 Å². The SMILES string of the molecule is CCCCCCCCCCCCCCC[N-]C.[Na+]. The van der Waals surface area contributed by atoms with Crippen LogP contribution in [0, 0.1) is 0 Å². The van der Waals surface area contributed by atoms with Crippen LogP contribution in [0.3, 0.4) is 0 Å². The van der Waals surface area contributed by atoms with E-state index in [0.717, 1.165) is 6.54 Å². The van der Waals surface area contributed by atoms with Crippen molar-refractivity contribution < 1.29 is 29.6 Å². The van der Waals surface area contributed by atoms with E-state index in [1.165, 1.54) is 83.5 Å². The fourth-order valence-corrected chi connectivity index (χ4v) is 2.29. The predicted molar refractivity (Wildman–Crippen MR) is 79.8 cm³/mol. The van der Waals surface area contributed by atoms with Gasteiger partial charge in [-0.2, -0.15) is 7.05 Å². The Bertz CT molecular complexity index is 114. The number of hydrogen-bond donors (Lipinski definition) is 0. The maximum atomic E-state index is 4.12. The zero-order valence-electron chi connectivity index (χ0n) is 13.3. The zero-order chi connectivity index (χ0) is 12.6. The number of rotatable bonds is 14. The van der Waals surface area contributed by atoms with Crippen molar-refractivity contribution in [2.24, 2.45) is 0 Å². The van der Waals surface area contributed by atoms with E-state index in [-0.39, 0.29) is 29.6 Å². The molecule has 2 heteroatoms. The predicted octanol–water partition coefficient (Wildman–Crippen LogP) is 3.09. The van der Waals surface area contributed by atoms with Crippen molar-refractivity contribution in [2.45, 2.75) is 90.4 Å². The summed E-state index contributed by atoms with van der Waals surface area (Å²) in [5.74, 6) is 0. The minimum atomic E-state index is 0. The Hall–Kier alpha value is 0.960. The molecule has 0 aliphatic carbocycles. The van der Waals surface area contributed by atoms with Crippen LogP contribution in [-0.2, 0) is 0 Å². The Morgan fingerprint density at radius 3 is 1.22 bits per heavy atom. The molecule has 0 amide bonds. The smallest absolute Gasteiger partial charge is 0.665 e. The van der Waals surface area contributed by atoms with Gasteiger partial charge in [0.1, 0.15) is 0 Å². The summed E-state index contributed by atoms with van der Waals surface area (Å²) in [6.07, 6.45) is 18.6. The van der Waals surface area contributed by atoms with E-state index in [0.29, 0.717) is 0 Å². The summed E-state index contributed by atoms with van der Waals surface area (Å²) in [6, 6.07) is 0. The zero-order valence-corrected chi connectivity index (χ0v) is 15.3. The Morgan fingerprint density at radius 1 is 0.556 bits per heavy atom. The number of unbranched alkanes of at least 4 members (excludes halogenated alkanes) is 12. The van der Waals surface area contributed by atoms with Gasteiger partial charge in [0.25, 0.3) is 0 Å². The van der Waals surface area contributed by atoms with Gasteiger partial charge in [0.15, 0.2) is 0 Å². The molecular formula is C16H34NNa. The first-order chi connectivity index (χ1) is 8.41. The van der Waals surface area contributed by atoms with Crippen molar-refractivity contribution in [3.63, 3.8) is 0 Å². The van der Waals surface area contributed by atoms with Crippen LogP contribution in [0.25, 0.3) is 5.32 Å². The van der Waals surface area contributed by atoms with Crippen LogP contribution in [0.5, 0.6) is 0 Å². The molecule has 1 nitrogen and oxygen atoms in total. The summed E-state index contributed by atoms with van der Waals surface area (Å²) in [7, 11) is 1.92. The van der Waals surface area contributed by atoms with Crippen LogP contribution in [-0.4, -0.2) is 13.6 Å². The maximum Gasteiger partial charge on any atom is 1.00 e. The summed E-state index contributed by atoms with van der Waals surface area (Å²) in [5.41, 5.74) is 0. The van der Waals surface area contributed by atoms with Crippen molar-refractivity contribution in [3.8, 4) is 0 Å². The third kappa shape index (κ3) is 19.3. The third-order valence-electron chi connectivity index (χ3n) is 3.49. The van der Waals surface area contributed by atoms with Gasteiger partial charge in [-0.3, -0.25) is 0 Å². The van der Waals surface area contributed by atoms with Crippen LogP contribution < -0.4 is 29.6 Å². The molecule has 0 aromatic rings. The molecule has 0 heterocycles. The monoisotopic (exact) mass is 263 g/mol. The van der Waals surface area contributed by atoms with Gasteiger partial charge in [0.05, 0.1) is 0 Å². The van der Waals surface area contributed by atoms with Crippen LogP contribution in [0.1, 0.15) is 90.4 Å². The minimum Gasteiger partial charge on any atom is -0.665 e. The molecule has 18 heavy (non-hydrogen) atoms. The molecule has 0 aromatic carbocycles. The summed E-state index contributed by atoms with van der Waals surface area (Å²) in [5, 5.41) is 4.12. The van der Waals surface area contributed by atoms with Gasteiger partial charge in [-0.1, -0.05) is 90.4 Å². The van der Waals surface area contributed by atoms with Crippen molar-refractivity contribution in [1.29, 1.82) is 0 Å². The van der Waals surface area contributed by atoms with Crippen molar-refractivity contribution >= 4 is 0 Å². The standard InChI is InChI=1S/C16H34N.Na/c1-3-4-5-6-7-8-9-10-11-12-13-14-15-16-17-2;/h3-16H2,1-2H3;/q-1;+1. The molecule has 0 aliphatic heterocycles. The topological polar surface area (TPSA) is 14.1 Å². The Balaban J connectivity index is 0. The molecule has 0 rings (SSSR count). The molecular weight excluding hydrogens is 229 g/mol. The first-order valence-electron chi connectivity index (χ1n) is 7.97. The van der Waals surface area contributed by atoms with Gasteiger partial charge in [-0.05, 0) is 0 Å². The second-order valence-corrected chi connectivity index (χ2v) is 5.28. The summed E-state index contributed by atoms with van der Waals surface area (Å²) < 4.78 is 0. The third-order valence-corrected chi connectivity index (χ3v) is 3.49. The largest absolute Gasteiger partial charge is 1.00 e. The summed E-state index contributed by atoms with van der Waals surface area (Å²) in [6.45, 7) is 3.35. The average molecular weight is 263 g/mol. The molecule has 0 fully saturated rings. The molecule has 0 saturated heterocycles.